The van der Waals surface area contributed by atoms with E-state index in [1.807, 2.05) is 11.5 Å². The molecule has 1 N–H and O–H groups in total. The van der Waals surface area contributed by atoms with Crippen LogP contribution in [0.15, 0.2) is 23.4 Å². The summed E-state index contributed by atoms with van der Waals surface area (Å²) in [4.78, 5) is 14.8. The molecule has 0 unspecified atom stereocenters. The Morgan fingerprint density at radius 2 is 2.04 bits per heavy atom. The van der Waals surface area contributed by atoms with Crippen molar-refractivity contribution in [1.82, 2.24) is 14.8 Å². The Hall–Kier alpha value is -2.46. The van der Waals surface area contributed by atoms with Crippen LogP contribution in [0.25, 0.3) is 0 Å². The SMILES string of the molecule is CCn1c(S[C@@H](C)C(=O)Nc2ccc3c(c2)OCO3)nnc1N1CCOCC1. The Morgan fingerprint density at radius 1 is 1.25 bits per heavy atom. The normalized spacial score (nSPS) is 16.9. The molecule has 1 fully saturated rings. The van der Waals surface area contributed by atoms with Crippen molar-refractivity contribution < 1.29 is 19.0 Å². The lowest BCUT2D eigenvalue weighted by Crippen LogP contribution is -2.38. The van der Waals surface area contributed by atoms with Crippen LogP contribution in [0.1, 0.15) is 13.8 Å². The quantitative estimate of drug-likeness (QED) is 0.730. The Balaban J connectivity index is 1.42. The third kappa shape index (κ3) is 3.88. The molecule has 9 nitrogen and oxygen atoms in total. The van der Waals surface area contributed by atoms with Crippen molar-refractivity contribution >= 4 is 29.3 Å². The Labute approximate surface area is 167 Å². The van der Waals surface area contributed by atoms with Crippen LogP contribution in [0.5, 0.6) is 11.5 Å². The van der Waals surface area contributed by atoms with Gasteiger partial charge in [-0.05, 0) is 26.0 Å². The summed E-state index contributed by atoms with van der Waals surface area (Å²) in [5, 5.41) is 12.0. The zero-order valence-electron chi connectivity index (χ0n) is 15.9. The summed E-state index contributed by atoms with van der Waals surface area (Å²) in [6.07, 6.45) is 0. The van der Waals surface area contributed by atoms with E-state index in [4.69, 9.17) is 14.2 Å². The summed E-state index contributed by atoms with van der Waals surface area (Å²) in [6.45, 7) is 7.81. The first-order chi connectivity index (χ1) is 13.7. The molecule has 4 rings (SSSR count). The van der Waals surface area contributed by atoms with E-state index in [1.165, 1.54) is 11.8 Å². The number of carbonyl (C=O) groups excluding carboxylic acids is 1. The van der Waals surface area contributed by atoms with Gasteiger partial charge < -0.3 is 24.4 Å². The van der Waals surface area contributed by atoms with Crippen molar-refractivity contribution in [1.29, 1.82) is 0 Å². The van der Waals surface area contributed by atoms with Crippen LogP contribution in [-0.4, -0.2) is 59.0 Å². The lowest BCUT2D eigenvalue weighted by Gasteiger charge is -2.27. The van der Waals surface area contributed by atoms with Gasteiger partial charge in [-0.2, -0.15) is 0 Å². The highest BCUT2D eigenvalue weighted by atomic mass is 32.2. The number of anilines is 2. The zero-order chi connectivity index (χ0) is 19.5. The lowest BCUT2D eigenvalue weighted by atomic mass is 10.2. The van der Waals surface area contributed by atoms with Gasteiger partial charge in [-0.1, -0.05) is 11.8 Å². The smallest absolute Gasteiger partial charge is 0.237 e. The molecule has 2 aliphatic rings. The number of amides is 1. The fourth-order valence-electron chi connectivity index (χ4n) is 3.07. The molecule has 1 atom stereocenters. The molecule has 2 aliphatic heterocycles. The molecule has 10 heteroatoms. The highest BCUT2D eigenvalue weighted by Gasteiger charge is 2.23. The molecule has 0 bridgehead atoms. The van der Waals surface area contributed by atoms with Crippen LogP contribution in [0, 0.1) is 0 Å². The monoisotopic (exact) mass is 405 g/mol. The standard InChI is InChI=1S/C18H23N5O4S/c1-3-23-17(22-6-8-25-9-7-22)20-21-18(23)28-12(2)16(24)19-13-4-5-14-15(10-13)27-11-26-14/h4-5,10,12H,3,6-9,11H2,1-2H3,(H,19,24)/t12-/m0/s1. The van der Waals surface area contributed by atoms with Crippen LogP contribution < -0.4 is 19.7 Å². The summed E-state index contributed by atoms with van der Waals surface area (Å²) in [5.74, 6) is 2.05. The minimum absolute atomic E-state index is 0.109. The Kier molecular flexibility index (Phi) is 5.58. The molecule has 150 valence electrons. The molecular weight excluding hydrogens is 382 g/mol. The summed E-state index contributed by atoms with van der Waals surface area (Å²) in [7, 11) is 0. The largest absolute Gasteiger partial charge is 0.454 e. The molecule has 1 aromatic heterocycles. The number of hydrogen-bond acceptors (Lipinski definition) is 8. The zero-order valence-corrected chi connectivity index (χ0v) is 16.7. The van der Waals surface area contributed by atoms with E-state index in [0.29, 0.717) is 30.4 Å². The maximum absolute atomic E-state index is 12.6. The van der Waals surface area contributed by atoms with E-state index in [-0.39, 0.29) is 18.0 Å². The van der Waals surface area contributed by atoms with E-state index in [0.717, 1.165) is 30.7 Å². The molecule has 28 heavy (non-hydrogen) atoms. The van der Waals surface area contributed by atoms with E-state index >= 15 is 0 Å². The average Bonchev–Trinajstić information content (AvgIpc) is 3.34. The van der Waals surface area contributed by atoms with Crippen molar-refractivity contribution in [2.24, 2.45) is 0 Å². The minimum Gasteiger partial charge on any atom is -0.454 e. The van der Waals surface area contributed by atoms with Gasteiger partial charge >= 0.3 is 0 Å². The molecule has 0 saturated carbocycles. The maximum Gasteiger partial charge on any atom is 0.237 e. The molecule has 0 spiro atoms. The average molecular weight is 405 g/mol. The second kappa shape index (κ2) is 8.27. The van der Waals surface area contributed by atoms with Gasteiger partial charge in [0.15, 0.2) is 16.7 Å². The number of nitrogens with zero attached hydrogens (tertiary/aromatic N) is 4. The second-order valence-electron chi connectivity index (χ2n) is 6.44. The lowest BCUT2D eigenvalue weighted by molar-refractivity contribution is -0.115. The van der Waals surface area contributed by atoms with Gasteiger partial charge in [-0.15, -0.1) is 10.2 Å². The summed E-state index contributed by atoms with van der Waals surface area (Å²) in [5.41, 5.74) is 0.674. The number of rotatable bonds is 6. The van der Waals surface area contributed by atoms with Crippen molar-refractivity contribution in [2.45, 2.75) is 30.8 Å². The summed E-state index contributed by atoms with van der Waals surface area (Å²) in [6, 6.07) is 5.36. The van der Waals surface area contributed by atoms with Gasteiger partial charge in [0.1, 0.15) is 0 Å². The second-order valence-corrected chi connectivity index (χ2v) is 7.75. The number of thioether (sulfide) groups is 1. The van der Waals surface area contributed by atoms with E-state index in [2.05, 4.69) is 27.3 Å². The molecule has 0 radical (unpaired) electrons. The van der Waals surface area contributed by atoms with Crippen LogP contribution in [-0.2, 0) is 16.1 Å². The van der Waals surface area contributed by atoms with Crippen molar-refractivity contribution in [2.75, 3.05) is 43.3 Å². The first-order valence-electron chi connectivity index (χ1n) is 9.28. The van der Waals surface area contributed by atoms with Crippen LogP contribution in [0.4, 0.5) is 11.6 Å². The van der Waals surface area contributed by atoms with Gasteiger partial charge in [-0.3, -0.25) is 9.36 Å². The van der Waals surface area contributed by atoms with E-state index in [1.54, 1.807) is 18.2 Å². The number of nitrogens with one attached hydrogen (secondary N) is 1. The van der Waals surface area contributed by atoms with Gasteiger partial charge in [0.05, 0.1) is 18.5 Å². The highest BCUT2D eigenvalue weighted by molar-refractivity contribution is 8.00. The van der Waals surface area contributed by atoms with Crippen molar-refractivity contribution in [3.8, 4) is 11.5 Å². The predicted molar refractivity (Wildman–Crippen MR) is 105 cm³/mol. The fraction of sp³-hybridized carbons (Fsp3) is 0.500. The number of hydrogen-bond donors (Lipinski definition) is 1. The molecule has 1 amide bonds. The van der Waals surface area contributed by atoms with Crippen LogP contribution >= 0.6 is 11.8 Å². The predicted octanol–water partition coefficient (Wildman–Crippen LogP) is 1.98. The number of fused-ring (bicyclic) bond motifs is 1. The number of morpholine rings is 1. The molecule has 2 aromatic rings. The first kappa shape index (κ1) is 18.9. The minimum atomic E-state index is -0.336. The van der Waals surface area contributed by atoms with Gasteiger partial charge in [0.2, 0.25) is 18.6 Å². The van der Waals surface area contributed by atoms with Gasteiger partial charge in [-0.25, -0.2) is 0 Å². The third-order valence-electron chi connectivity index (χ3n) is 4.60. The number of carbonyl (C=O) groups is 1. The third-order valence-corrected chi connectivity index (χ3v) is 5.68. The molecular formula is C18H23N5O4S. The first-order valence-corrected chi connectivity index (χ1v) is 10.2. The molecule has 1 saturated heterocycles. The highest BCUT2D eigenvalue weighted by Crippen LogP contribution is 2.34. The summed E-state index contributed by atoms with van der Waals surface area (Å²) >= 11 is 1.40. The van der Waals surface area contributed by atoms with Crippen LogP contribution in [0.3, 0.4) is 0 Å². The number of benzene rings is 1. The molecule has 0 aliphatic carbocycles. The number of aromatic nitrogens is 3. The Bertz CT molecular complexity index is 852. The van der Waals surface area contributed by atoms with E-state index < -0.39 is 0 Å². The van der Waals surface area contributed by atoms with E-state index in [9.17, 15) is 4.79 Å². The van der Waals surface area contributed by atoms with Gasteiger partial charge in [0, 0.05) is 31.4 Å². The molecule has 1 aromatic carbocycles. The van der Waals surface area contributed by atoms with Gasteiger partial charge in [0.25, 0.3) is 0 Å². The maximum atomic E-state index is 12.6. The van der Waals surface area contributed by atoms with Crippen LogP contribution in [0.2, 0.25) is 0 Å². The molecule has 3 heterocycles. The summed E-state index contributed by atoms with van der Waals surface area (Å²) < 4.78 is 18.1. The van der Waals surface area contributed by atoms with Crippen molar-refractivity contribution in [3.05, 3.63) is 18.2 Å². The fourth-order valence-corrected chi connectivity index (χ4v) is 3.98. The number of ether oxygens (including phenoxy) is 3. The topological polar surface area (TPSA) is 90.7 Å². The van der Waals surface area contributed by atoms with Crippen molar-refractivity contribution in [3.63, 3.8) is 0 Å². The Morgan fingerprint density at radius 3 is 2.82 bits per heavy atom.